The van der Waals surface area contributed by atoms with Crippen LogP contribution in [-0.2, 0) is 4.79 Å². The number of hydrogen-bond acceptors (Lipinski definition) is 6. The Morgan fingerprint density at radius 1 is 1.33 bits per heavy atom. The van der Waals surface area contributed by atoms with Crippen molar-refractivity contribution in [3.05, 3.63) is 46.4 Å². The van der Waals surface area contributed by atoms with Crippen molar-refractivity contribution in [3.63, 3.8) is 0 Å². The summed E-state index contributed by atoms with van der Waals surface area (Å²) in [6.45, 7) is 4.24. The molecule has 0 spiro atoms. The van der Waals surface area contributed by atoms with Crippen molar-refractivity contribution >= 4 is 33.7 Å². The summed E-state index contributed by atoms with van der Waals surface area (Å²) in [5, 5.41) is 17.0. The second kappa shape index (κ2) is 9.82. The average Bonchev–Trinajstić information content (AvgIpc) is 2.65. The van der Waals surface area contributed by atoms with Crippen molar-refractivity contribution in [1.82, 2.24) is 5.43 Å². The second-order valence-electron chi connectivity index (χ2n) is 5.60. The number of phenols is 1. The van der Waals surface area contributed by atoms with Crippen LogP contribution in [0, 0.1) is 0 Å². The molecule has 0 aliphatic carbocycles. The molecule has 0 fully saturated rings. The maximum absolute atomic E-state index is 12.2. The monoisotopic (exact) mass is 435 g/mol. The van der Waals surface area contributed by atoms with E-state index in [0.29, 0.717) is 17.9 Å². The maximum Gasteiger partial charge on any atom is 0.262 e. The number of hydrogen-bond donors (Lipinski definition) is 3. The van der Waals surface area contributed by atoms with E-state index in [1.54, 1.807) is 19.1 Å². The third kappa shape index (κ3) is 5.89. The molecule has 0 bridgehead atoms. The van der Waals surface area contributed by atoms with Gasteiger partial charge in [0.05, 0.1) is 19.9 Å². The summed E-state index contributed by atoms with van der Waals surface area (Å²) in [6, 6.07) is 10.1. The fraction of sp³-hybridized carbons (Fsp3) is 0.263. The lowest BCUT2D eigenvalue weighted by Gasteiger charge is -2.14. The van der Waals surface area contributed by atoms with Gasteiger partial charge in [-0.3, -0.25) is 4.79 Å². The van der Waals surface area contributed by atoms with Gasteiger partial charge < -0.3 is 19.9 Å². The third-order valence-electron chi connectivity index (χ3n) is 3.61. The van der Waals surface area contributed by atoms with Crippen LogP contribution in [0.1, 0.15) is 19.4 Å². The van der Waals surface area contributed by atoms with Gasteiger partial charge in [0.2, 0.25) is 0 Å². The summed E-state index contributed by atoms with van der Waals surface area (Å²) < 4.78 is 11.2. The van der Waals surface area contributed by atoms with Crippen LogP contribution in [0.3, 0.4) is 0 Å². The molecular weight excluding hydrogens is 414 g/mol. The summed E-state index contributed by atoms with van der Waals surface area (Å²) in [7, 11) is 1.46. The zero-order valence-electron chi connectivity index (χ0n) is 15.3. The molecule has 2 rings (SSSR count). The molecule has 27 heavy (non-hydrogen) atoms. The summed E-state index contributed by atoms with van der Waals surface area (Å²) in [4.78, 5) is 12.2. The molecule has 144 valence electrons. The molecular formula is C19H22BrN3O4. The summed E-state index contributed by atoms with van der Waals surface area (Å²) in [5.41, 5.74) is 3.65. The molecule has 0 saturated heterocycles. The first kappa shape index (κ1) is 20.6. The van der Waals surface area contributed by atoms with Crippen LogP contribution in [0.2, 0.25) is 0 Å². The van der Waals surface area contributed by atoms with Gasteiger partial charge in [0.25, 0.3) is 5.91 Å². The van der Waals surface area contributed by atoms with E-state index in [1.807, 2.05) is 31.2 Å². The van der Waals surface area contributed by atoms with Crippen molar-refractivity contribution in [3.8, 4) is 17.2 Å². The van der Waals surface area contributed by atoms with Gasteiger partial charge in [-0.25, -0.2) is 5.43 Å². The Morgan fingerprint density at radius 3 is 2.67 bits per heavy atom. The molecule has 8 heteroatoms. The van der Waals surface area contributed by atoms with Crippen LogP contribution in [0.15, 0.2) is 46.0 Å². The molecule has 2 aromatic rings. The molecule has 1 amide bonds. The van der Waals surface area contributed by atoms with Crippen LogP contribution in [0.4, 0.5) is 5.69 Å². The molecule has 0 aliphatic rings. The zero-order chi connectivity index (χ0) is 19.8. The number of hydrazone groups is 1. The lowest BCUT2D eigenvalue weighted by atomic mass is 10.2. The number of rotatable bonds is 8. The number of nitrogens with one attached hydrogen (secondary N) is 2. The predicted octanol–water partition coefficient (Wildman–Crippen LogP) is 3.51. The highest BCUT2D eigenvalue weighted by Crippen LogP contribution is 2.32. The number of aromatic hydroxyl groups is 1. The second-order valence-corrected chi connectivity index (χ2v) is 6.52. The first-order valence-corrected chi connectivity index (χ1v) is 9.12. The van der Waals surface area contributed by atoms with Crippen molar-refractivity contribution < 1.29 is 19.4 Å². The van der Waals surface area contributed by atoms with Gasteiger partial charge in [0.15, 0.2) is 11.5 Å². The standard InChI is InChI=1S/C19H22BrN3O4/c1-4-27-16-7-5-15(6-8-16)22-12(2)19(25)23-21-11-13-9-14(20)10-17(26-3)18(13)24/h5-12,22,24H,4H2,1-3H3,(H,23,25). The summed E-state index contributed by atoms with van der Waals surface area (Å²) >= 11 is 3.32. The highest BCUT2D eigenvalue weighted by Gasteiger charge is 2.12. The Balaban J connectivity index is 1.94. The number of phenolic OH excluding ortho intramolecular Hbond substituents is 1. The number of benzene rings is 2. The number of amides is 1. The Bertz CT molecular complexity index is 809. The van der Waals surface area contributed by atoms with Crippen molar-refractivity contribution in [1.29, 1.82) is 0 Å². The molecule has 2 aromatic carbocycles. The fourth-order valence-corrected chi connectivity index (χ4v) is 2.69. The lowest BCUT2D eigenvalue weighted by molar-refractivity contribution is -0.121. The van der Waals surface area contributed by atoms with Gasteiger partial charge in [0, 0.05) is 15.7 Å². The van der Waals surface area contributed by atoms with E-state index < -0.39 is 6.04 Å². The van der Waals surface area contributed by atoms with Crippen LogP contribution < -0.4 is 20.2 Å². The Hall–Kier alpha value is -2.74. The Labute approximate surface area is 166 Å². The average molecular weight is 436 g/mol. The van der Waals surface area contributed by atoms with Crippen LogP contribution >= 0.6 is 15.9 Å². The van der Waals surface area contributed by atoms with Gasteiger partial charge >= 0.3 is 0 Å². The van der Waals surface area contributed by atoms with E-state index in [0.717, 1.165) is 15.9 Å². The molecule has 0 heterocycles. The van der Waals surface area contributed by atoms with Gasteiger partial charge in [-0.2, -0.15) is 5.10 Å². The smallest absolute Gasteiger partial charge is 0.262 e. The normalized spacial score (nSPS) is 11.9. The van der Waals surface area contributed by atoms with E-state index in [1.165, 1.54) is 13.3 Å². The molecule has 1 unspecified atom stereocenters. The highest BCUT2D eigenvalue weighted by molar-refractivity contribution is 9.10. The van der Waals surface area contributed by atoms with E-state index in [2.05, 4.69) is 31.8 Å². The molecule has 3 N–H and O–H groups in total. The van der Waals surface area contributed by atoms with E-state index in [9.17, 15) is 9.90 Å². The van der Waals surface area contributed by atoms with Gasteiger partial charge in [-0.05, 0) is 50.2 Å². The van der Waals surface area contributed by atoms with Crippen LogP contribution in [0.25, 0.3) is 0 Å². The van der Waals surface area contributed by atoms with Crippen molar-refractivity contribution in [2.45, 2.75) is 19.9 Å². The van der Waals surface area contributed by atoms with Gasteiger partial charge in [-0.1, -0.05) is 15.9 Å². The SMILES string of the molecule is CCOc1ccc(NC(C)C(=O)NN=Cc2cc(Br)cc(OC)c2O)cc1. The molecule has 0 radical (unpaired) electrons. The first-order valence-electron chi connectivity index (χ1n) is 8.33. The van der Waals surface area contributed by atoms with E-state index >= 15 is 0 Å². The molecule has 0 aromatic heterocycles. The third-order valence-corrected chi connectivity index (χ3v) is 4.07. The number of carbonyl (C=O) groups excluding carboxylic acids is 1. The number of anilines is 1. The minimum atomic E-state index is -0.509. The topological polar surface area (TPSA) is 92.2 Å². The summed E-state index contributed by atoms with van der Waals surface area (Å²) in [6.07, 6.45) is 1.35. The molecule has 7 nitrogen and oxygen atoms in total. The van der Waals surface area contributed by atoms with Gasteiger partial charge in [0.1, 0.15) is 11.8 Å². The van der Waals surface area contributed by atoms with Crippen molar-refractivity contribution in [2.75, 3.05) is 19.0 Å². The fourth-order valence-electron chi connectivity index (χ4n) is 2.24. The minimum Gasteiger partial charge on any atom is -0.504 e. The predicted molar refractivity (Wildman–Crippen MR) is 109 cm³/mol. The van der Waals surface area contributed by atoms with E-state index in [4.69, 9.17) is 9.47 Å². The first-order chi connectivity index (χ1) is 12.9. The molecule has 0 saturated carbocycles. The maximum atomic E-state index is 12.2. The summed E-state index contributed by atoms with van der Waals surface area (Å²) in [5.74, 6) is 0.706. The number of methoxy groups -OCH3 is 1. The Morgan fingerprint density at radius 2 is 2.04 bits per heavy atom. The number of ether oxygens (including phenoxy) is 2. The minimum absolute atomic E-state index is 0.0562. The quantitative estimate of drug-likeness (QED) is 0.435. The van der Waals surface area contributed by atoms with E-state index in [-0.39, 0.29) is 11.7 Å². The van der Waals surface area contributed by atoms with Crippen LogP contribution in [0.5, 0.6) is 17.2 Å². The van der Waals surface area contributed by atoms with Crippen LogP contribution in [-0.4, -0.2) is 37.0 Å². The van der Waals surface area contributed by atoms with Gasteiger partial charge in [-0.15, -0.1) is 0 Å². The lowest BCUT2D eigenvalue weighted by Crippen LogP contribution is -2.34. The number of nitrogens with zero attached hydrogens (tertiary/aromatic N) is 1. The number of carbonyl (C=O) groups is 1. The number of halogens is 1. The largest absolute Gasteiger partial charge is 0.504 e. The Kier molecular flexibility index (Phi) is 7.48. The van der Waals surface area contributed by atoms with Crippen molar-refractivity contribution in [2.24, 2.45) is 5.10 Å². The zero-order valence-corrected chi connectivity index (χ0v) is 16.9. The molecule has 0 aliphatic heterocycles. The highest BCUT2D eigenvalue weighted by atomic mass is 79.9. The molecule has 1 atom stereocenters.